The summed E-state index contributed by atoms with van der Waals surface area (Å²) in [4.78, 5) is 6.91. The number of unbranched alkanes of at least 4 members (excludes halogenated alkanes) is 2. The molecule has 0 atom stereocenters. The number of hydrogen-bond donors (Lipinski definition) is 3. The van der Waals surface area contributed by atoms with Gasteiger partial charge < -0.3 is 25.7 Å². The van der Waals surface area contributed by atoms with Crippen LogP contribution in [0.5, 0.6) is 0 Å². The van der Waals surface area contributed by atoms with Gasteiger partial charge in [0.05, 0.1) is 22.5 Å². The van der Waals surface area contributed by atoms with Gasteiger partial charge >= 0.3 is 0 Å². The molecule has 0 unspecified atom stereocenters. The van der Waals surface area contributed by atoms with Gasteiger partial charge in [-0.15, -0.1) is 0 Å². The molecule has 0 radical (unpaired) electrons. The zero-order valence-electron chi connectivity index (χ0n) is 21.2. The van der Waals surface area contributed by atoms with E-state index >= 15 is 0 Å². The summed E-state index contributed by atoms with van der Waals surface area (Å²) in [7, 11) is 3.62. The van der Waals surface area contributed by atoms with Crippen molar-refractivity contribution in [3.8, 4) is 0 Å². The molecular weight excluding hydrogens is 414 g/mol. The zero-order valence-corrected chi connectivity index (χ0v) is 21.2. The van der Waals surface area contributed by atoms with Gasteiger partial charge in [-0.3, -0.25) is 4.68 Å². The van der Waals surface area contributed by atoms with E-state index in [-0.39, 0.29) is 5.60 Å². The van der Waals surface area contributed by atoms with Gasteiger partial charge in [-0.05, 0) is 53.1 Å². The van der Waals surface area contributed by atoms with Crippen molar-refractivity contribution in [1.29, 1.82) is 5.41 Å². The standard InChI is InChI=1S/C25H41N7O/c1-18-14-23(20(15-26)24(27-5)29-18)31-13-10-22-21(16-31)19(2)30-32(22)12-9-7-8-11-28-17-25(3,4)33-6/h14-15,26,28H,7-13,16-17H2,1-6H3,(H,27,29). The van der Waals surface area contributed by atoms with E-state index in [1.165, 1.54) is 23.9 Å². The first-order valence-electron chi connectivity index (χ1n) is 12.1. The Morgan fingerprint density at radius 3 is 2.73 bits per heavy atom. The lowest BCUT2D eigenvalue weighted by Crippen LogP contribution is -2.37. The molecule has 3 rings (SSSR count). The topological polar surface area (TPSA) is 91.1 Å². The minimum absolute atomic E-state index is 0.109. The van der Waals surface area contributed by atoms with Crippen molar-refractivity contribution in [3.63, 3.8) is 0 Å². The molecule has 0 spiro atoms. The van der Waals surface area contributed by atoms with Crippen LogP contribution in [0.4, 0.5) is 11.5 Å². The van der Waals surface area contributed by atoms with Crippen molar-refractivity contribution in [3.05, 3.63) is 34.3 Å². The minimum atomic E-state index is -0.109. The van der Waals surface area contributed by atoms with Crippen LogP contribution in [0.2, 0.25) is 0 Å². The third-order valence-corrected chi connectivity index (χ3v) is 6.55. The number of methoxy groups -OCH3 is 1. The molecule has 0 bridgehead atoms. The molecule has 182 valence electrons. The highest BCUT2D eigenvalue weighted by atomic mass is 16.5. The van der Waals surface area contributed by atoms with Crippen molar-refractivity contribution < 1.29 is 4.74 Å². The second-order valence-electron chi connectivity index (χ2n) is 9.55. The average molecular weight is 456 g/mol. The van der Waals surface area contributed by atoms with E-state index < -0.39 is 0 Å². The highest BCUT2D eigenvalue weighted by Gasteiger charge is 2.25. The Morgan fingerprint density at radius 2 is 2.03 bits per heavy atom. The third kappa shape index (κ3) is 6.12. The smallest absolute Gasteiger partial charge is 0.136 e. The van der Waals surface area contributed by atoms with E-state index in [0.29, 0.717) is 0 Å². The lowest BCUT2D eigenvalue weighted by molar-refractivity contribution is 0.0234. The summed E-state index contributed by atoms with van der Waals surface area (Å²) in [5, 5.41) is 19.4. The van der Waals surface area contributed by atoms with Crippen LogP contribution in [0.3, 0.4) is 0 Å². The first-order valence-corrected chi connectivity index (χ1v) is 12.1. The van der Waals surface area contributed by atoms with E-state index in [1.54, 1.807) is 7.11 Å². The number of aromatic nitrogens is 3. The Balaban J connectivity index is 1.58. The summed E-state index contributed by atoms with van der Waals surface area (Å²) in [6, 6.07) is 2.09. The predicted octanol–water partition coefficient (Wildman–Crippen LogP) is 3.68. The van der Waals surface area contributed by atoms with Crippen molar-refractivity contribution in [1.82, 2.24) is 20.1 Å². The number of fused-ring (bicyclic) bond motifs is 1. The molecule has 0 saturated heterocycles. The average Bonchev–Trinajstić information content (AvgIpc) is 3.12. The largest absolute Gasteiger partial charge is 0.377 e. The molecule has 8 heteroatoms. The molecule has 8 nitrogen and oxygen atoms in total. The van der Waals surface area contributed by atoms with Crippen LogP contribution >= 0.6 is 0 Å². The molecule has 0 fully saturated rings. The summed E-state index contributed by atoms with van der Waals surface area (Å²) >= 11 is 0. The fourth-order valence-electron chi connectivity index (χ4n) is 4.46. The highest BCUT2D eigenvalue weighted by Crippen LogP contribution is 2.31. The number of anilines is 2. The first-order chi connectivity index (χ1) is 15.8. The molecule has 0 aromatic carbocycles. The maximum atomic E-state index is 7.93. The molecular formula is C25H41N7O. The highest BCUT2D eigenvalue weighted by molar-refractivity contribution is 5.92. The van der Waals surface area contributed by atoms with E-state index in [1.807, 2.05) is 14.0 Å². The molecule has 0 amide bonds. The molecule has 3 N–H and O–H groups in total. The number of nitrogens with zero attached hydrogens (tertiary/aromatic N) is 4. The third-order valence-electron chi connectivity index (χ3n) is 6.55. The molecule has 2 aromatic heterocycles. The molecule has 2 aromatic rings. The van der Waals surface area contributed by atoms with Crippen molar-refractivity contribution in [2.24, 2.45) is 0 Å². The SMILES string of the molecule is CNc1nc(C)cc(N2CCc3c(c(C)nn3CCCCCNCC(C)(C)OC)C2)c1C=N. The van der Waals surface area contributed by atoms with Gasteiger partial charge in [0, 0.05) is 69.9 Å². The van der Waals surface area contributed by atoms with E-state index in [2.05, 4.69) is 52.0 Å². The predicted molar refractivity (Wildman–Crippen MR) is 136 cm³/mol. The lowest BCUT2D eigenvalue weighted by Gasteiger charge is -2.31. The number of pyridine rings is 1. The van der Waals surface area contributed by atoms with Gasteiger partial charge in [0.2, 0.25) is 0 Å². The second-order valence-corrected chi connectivity index (χ2v) is 9.55. The number of nitrogens with one attached hydrogen (secondary N) is 3. The monoisotopic (exact) mass is 455 g/mol. The molecule has 0 aliphatic carbocycles. The normalized spacial score (nSPS) is 13.8. The molecule has 1 aliphatic heterocycles. The Hall–Kier alpha value is -2.45. The summed E-state index contributed by atoms with van der Waals surface area (Å²) < 4.78 is 7.68. The quantitative estimate of drug-likeness (QED) is 0.334. The van der Waals surface area contributed by atoms with Crippen molar-refractivity contribution >= 4 is 17.7 Å². The molecule has 3 heterocycles. The Bertz CT molecular complexity index is 951. The fraction of sp³-hybridized carbons (Fsp3) is 0.640. The number of hydrogen-bond acceptors (Lipinski definition) is 7. The lowest BCUT2D eigenvalue weighted by atomic mass is 10.0. The van der Waals surface area contributed by atoms with E-state index in [4.69, 9.17) is 15.2 Å². The van der Waals surface area contributed by atoms with Crippen LogP contribution in [0.25, 0.3) is 0 Å². The summed E-state index contributed by atoms with van der Waals surface area (Å²) in [6.07, 6.45) is 5.87. The number of aryl methyl sites for hydroxylation is 3. The summed E-state index contributed by atoms with van der Waals surface area (Å²) in [5.41, 5.74) is 6.60. The van der Waals surface area contributed by atoms with Gasteiger partial charge in [-0.1, -0.05) is 6.42 Å². The van der Waals surface area contributed by atoms with Crippen LogP contribution in [0.15, 0.2) is 6.07 Å². The first kappa shape index (κ1) is 25.2. The zero-order chi connectivity index (χ0) is 24.0. The van der Waals surface area contributed by atoms with Crippen LogP contribution < -0.4 is 15.5 Å². The molecule has 1 aliphatic rings. The Labute approximate surface area is 198 Å². The molecule has 0 saturated carbocycles. The van der Waals surface area contributed by atoms with E-state index in [9.17, 15) is 0 Å². The van der Waals surface area contributed by atoms with Crippen LogP contribution in [0.1, 0.15) is 61.3 Å². The summed E-state index contributed by atoms with van der Waals surface area (Å²) in [5.74, 6) is 0.762. The number of ether oxygens (including phenoxy) is 1. The van der Waals surface area contributed by atoms with Gasteiger partial charge in [-0.2, -0.15) is 5.10 Å². The van der Waals surface area contributed by atoms with Gasteiger partial charge in [-0.25, -0.2) is 4.98 Å². The van der Waals surface area contributed by atoms with Gasteiger partial charge in [0.15, 0.2) is 0 Å². The minimum Gasteiger partial charge on any atom is -0.377 e. The molecule has 33 heavy (non-hydrogen) atoms. The van der Waals surface area contributed by atoms with Gasteiger partial charge in [0.25, 0.3) is 0 Å². The Morgan fingerprint density at radius 1 is 1.24 bits per heavy atom. The maximum Gasteiger partial charge on any atom is 0.136 e. The van der Waals surface area contributed by atoms with E-state index in [0.717, 1.165) is 80.4 Å². The van der Waals surface area contributed by atoms with Crippen molar-refractivity contribution in [2.45, 2.75) is 72.1 Å². The van der Waals surface area contributed by atoms with Crippen LogP contribution in [-0.4, -0.2) is 60.4 Å². The summed E-state index contributed by atoms with van der Waals surface area (Å²) in [6.45, 7) is 12.9. The fourth-order valence-corrected chi connectivity index (χ4v) is 4.46. The Kier molecular flexibility index (Phi) is 8.48. The number of rotatable bonds is 12. The van der Waals surface area contributed by atoms with Crippen molar-refractivity contribution in [2.75, 3.05) is 44.0 Å². The second kappa shape index (κ2) is 11.1. The van der Waals surface area contributed by atoms with Crippen LogP contribution in [0, 0.1) is 19.3 Å². The maximum absolute atomic E-state index is 7.93. The van der Waals surface area contributed by atoms with Crippen LogP contribution in [-0.2, 0) is 24.2 Å². The van der Waals surface area contributed by atoms with Gasteiger partial charge in [0.1, 0.15) is 5.82 Å².